The van der Waals surface area contributed by atoms with Gasteiger partial charge in [-0.3, -0.25) is 14.3 Å². The van der Waals surface area contributed by atoms with Gasteiger partial charge in [-0.15, -0.1) is 5.10 Å². The zero-order valence-electron chi connectivity index (χ0n) is 17.6. The minimum absolute atomic E-state index is 0.0435. The number of hydrogen-bond acceptors (Lipinski definition) is 9. The van der Waals surface area contributed by atoms with Crippen molar-refractivity contribution in [2.75, 3.05) is 18.9 Å². The fourth-order valence-corrected chi connectivity index (χ4v) is 4.84. The first-order chi connectivity index (χ1) is 15.3. The number of anilines is 1. The smallest absolute Gasteiger partial charge is 0.319 e. The Balaban J connectivity index is 1.67. The predicted molar refractivity (Wildman–Crippen MR) is 116 cm³/mol. The van der Waals surface area contributed by atoms with Gasteiger partial charge in [-0.1, -0.05) is 22.8 Å². The van der Waals surface area contributed by atoms with Gasteiger partial charge in [0.2, 0.25) is 16.0 Å². The standard InChI is InChI=1S/C19H22ClN7O4S/c1-12(15(30-2)16-22-10-14(20)11-23-16)32(28,29)26-17-24-25-18(31-3)27(17)19(6-7-19)13-5-4-8-21-9-13/h4-5,8-12,15H,6-7H2,1-3H3,(H,24,26)/t12-,15-/m0/s1. The van der Waals surface area contributed by atoms with E-state index < -0.39 is 26.9 Å². The van der Waals surface area contributed by atoms with Crippen molar-refractivity contribution in [2.45, 2.75) is 36.7 Å². The molecule has 0 saturated heterocycles. The van der Waals surface area contributed by atoms with Crippen LogP contribution in [0.3, 0.4) is 0 Å². The lowest BCUT2D eigenvalue weighted by atomic mass is 10.1. The lowest BCUT2D eigenvalue weighted by Gasteiger charge is -2.24. The van der Waals surface area contributed by atoms with Crippen LogP contribution >= 0.6 is 11.6 Å². The van der Waals surface area contributed by atoms with Gasteiger partial charge in [-0.2, -0.15) is 0 Å². The van der Waals surface area contributed by atoms with Gasteiger partial charge in [0.25, 0.3) is 0 Å². The summed E-state index contributed by atoms with van der Waals surface area (Å²) < 4.78 is 41.5. The highest BCUT2D eigenvalue weighted by atomic mass is 35.5. The van der Waals surface area contributed by atoms with E-state index in [4.69, 9.17) is 21.1 Å². The van der Waals surface area contributed by atoms with E-state index >= 15 is 0 Å². The zero-order valence-corrected chi connectivity index (χ0v) is 19.2. The maximum absolute atomic E-state index is 13.3. The molecule has 0 aliphatic heterocycles. The maximum atomic E-state index is 13.3. The van der Waals surface area contributed by atoms with Gasteiger partial charge >= 0.3 is 6.01 Å². The molecular formula is C19H22ClN7O4S. The van der Waals surface area contributed by atoms with E-state index in [2.05, 4.69) is 29.9 Å². The van der Waals surface area contributed by atoms with Crippen molar-refractivity contribution in [1.29, 1.82) is 0 Å². The van der Waals surface area contributed by atoms with Crippen molar-refractivity contribution < 1.29 is 17.9 Å². The normalized spacial score (nSPS) is 16.9. The molecule has 3 heterocycles. The highest BCUT2D eigenvalue weighted by molar-refractivity contribution is 7.93. The molecular weight excluding hydrogens is 458 g/mol. The third-order valence-electron chi connectivity index (χ3n) is 5.46. The first-order valence-corrected chi connectivity index (χ1v) is 11.7. The maximum Gasteiger partial charge on any atom is 0.319 e. The van der Waals surface area contributed by atoms with Gasteiger partial charge < -0.3 is 9.47 Å². The molecule has 13 heteroatoms. The van der Waals surface area contributed by atoms with E-state index in [-0.39, 0.29) is 17.8 Å². The monoisotopic (exact) mass is 479 g/mol. The van der Waals surface area contributed by atoms with Crippen molar-refractivity contribution in [3.05, 3.63) is 53.3 Å². The molecule has 1 fully saturated rings. The summed E-state index contributed by atoms with van der Waals surface area (Å²) in [6.07, 6.45) is 6.78. The molecule has 0 aromatic carbocycles. The van der Waals surface area contributed by atoms with Gasteiger partial charge in [0.1, 0.15) is 11.4 Å². The fourth-order valence-electron chi connectivity index (χ4n) is 3.61. The SMILES string of the molecule is COc1nnc(NS(=O)(=O)[C@@H](C)[C@H](OC)c2ncc(Cl)cn2)n1C1(c2cccnc2)CC1. The fraction of sp³-hybridized carbons (Fsp3) is 0.421. The minimum Gasteiger partial charge on any atom is -0.467 e. The molecule has 170 valence electrons. The summed E-state index contributed by atoms with van der Waals surface area (Å²) >= 11 is 5.84. The van der Waals surface area contributed by atoms with Crippen LogP contribution in [0.2, 0.25) is 5.02 Å². The largest absolute Gasteiger partial charge is 0.467 e. The topological polar surface area (TPSA) is 134 Å². The number of hydrogen-bond donors (Lipinski definition) is 1. The van der Waals surface area contributed by atoms with Crippen LogP contribution in [-0.2, 0) is 20.3 Å². The number of halogens is 1. The lowest BCUT2D eigenvalue weighted by molar-refractivity contribution is 0.0950. The number of nitrogens with one attached hydrogen (secondary N) is 1. The van der Waals surface area contributed by atoms with Crippen molar-refractivity contribution in [2.24, 2.45) is 0 Å². The predicted octanol–water partition coefficient (Wildman–Crippen LogP) is 2.18. The molecule has 3 aromatic rings. The lowest BCUT2D eigenvalue weighted by Crippen LogP contribution is -2.34. The summed E-state index contributed by atoms with van der Waals surface area (Å²) in [5.74, 6) is 0.241. The molecule has 1 saturated carbocycles. The quantitative estimate of drug-likeness (QED) is 0.489. The van der Waals surface area contributed by atoms with E-state index in [1.165, 1.54) is 33.5 Å². The molecule has 4 rings (SSSR count). The second-order valence-electron chi connectivity index (χ2n) is 7.39. The zero-order chi connectivity index (χ0) is 22.9. The Labute approximate surface area is 190 Å². The number of pyridine rings is 1. The van der Waals surface area contributed by atoms with Crippen LogP contribution in [-0.4, -0.2) is 57.6 Å². The molecule has 1 aliphatic carbocycles. The van der Waals surface area contributed by atoms with Gasteiger partial charge in [0.05, 0.1) is 17.7 Å². The van der Waals surface area contributed by atoms with Gasteiger partial charge in [-0.25, -0.2) is 18.4 Å². The van der Waals surface area contributed by atoms with E-state index in [1.807, 2.05) is 12.1 Å². The van der Waals surface area contributed by atoms with Crippen LogP contribution < -0.4 is 9.46 Å². The average Bonchev–Trinajstić information content (AvgIpc) is 3.50. The molecule has 0 unspecified atom stereocenters. The molecule has 2 atom stereocenters. The number of rotatable bonds is 9. The molecule has 32 heavy (non-hydrogen) atoms. The number of aromatic nitrogens is 6. The molecule has 3 aromatic heterocycles. The molecule has 11 nitrogen and oxygen atoms in total. The van der Waals surface area contributed by atoms with Crippen LogP contribution in [0.1, 0.15) is 37.3 Å². The highest BCUT2D eigenvalue weighted by Crippen LogP contribution is 2.52. The molecule has 0 radical (unpaired) electrons. The van der Waals surface area contributed by atoms with Crippen molar-refractivity contribution in [3.63, 3.8) is 0 Å². The second-order valence-corrected chi connectivity index (χ2v) is 9.86. The van der Waals surface area contributed by atoms with Gasteiger partial charge in [0.15, 0.2) is 5.82 Å². The van der Waals surface area contributed by atoms with E-state index in [1.54, 1.807) is 17.0 Å². The van der Waals surface area contributed by atoms with Gasteiger partial charge in [0, 0.05) is 31.9 Å². The first kappa shape index (κ1) is 22.4. The van der Waals surface area contributed by atoms with E-state index in [9.17, 15) is 8.42 Å². The third kappa shape index (κ3) is 4.00. The van der Waals surface area contributed by atoms with Crippen LogP contribution in [0.4, 0.5) is 5.95 Å². The Hall–Kier alpha value is -2.83. The van der Waals surface area contributed by atoms with Crippen molar-refractivity contribution in [3.8, 4) is 6.01 Å². The summed E-state index contributed by atoms with van der Waals surface area (Å²) in [6.45, 7) is 1.50. The first-order valence-electron chi connectivity index (χ1n) is 9.74. The average molecular weight is 480 g/mol. The number of sulfonamides is 1. The summed E-state index contributed by atoms with van der Waals surface area (Å²) in [5.41, 5.74) is 0.375. The van der Waals surface area contributed by atoms with E-state index in [0.717, 1.165) is 18.4 Å². The van der Waals surface area contributed by atoms with Crippen LogP contribution in [0, 0.1) is 0 Å². The number of ether oxygens (including phenoxy) is 2. The molecule has 0 amide bonds. The minimum atomic E-state index is -4.00. The third-order valence-corrected chi connectivity index (χ3v) is 7.35. The molecule has 0 bridgehead atoms. The van der Waals surface area contributed by atoms with E-state index in [0.29, 0.717) is 5.02 Å². The number of nitrogens with zero attached hydrogens (tertiary/aromatic N) is 6. The van der Waals surface area contributed by atoms with Crippen LogP contribution in [0.15, 0.2) is 36.9 Å². The summed E-state index contributed by atoms with van der Waals surface area (Å²) in [5, 5.41) is 7.34. The highest BCUT2D eigenvalue weighted by Gasteiger charge is 2.50. The Morgan fingerprint density at radius 2 is 1.91 bits per heavy atom. The summed E-state index contributed by atoms with van der Waals surface area (Å²) in [6, 6.07) is 3.95. The van der Waals surface area contributed by atoms with Crippen molar-refractivity contribution in [1.82, 2.24) is 29.7 Å². The van der Waals surface area contributed by atoms with Crippen LogP contribution in [0.5, 0.6) is 6.01 Å². The summed E-state index contributed by atoms with van der Waals surface area (Å²) in [7, 11) is -1.15. The Kier molecular flexibility index (Phi) is 6.01. The Morgan fingerprint density at radius 3 is 2.47 bits per heavy atom. The Morgan fingerprint density at radius 1 is 1.19 bits per heavy atom. The van der Waals surface area contributed by atoms with Crippen molar-refractivity contribution >= 4 is 27.6 Å². The summed E-state index contributed by atoms with van der Waals surface area (Å²) in [4.78, 5) is 12.4. The second kappa shape index (κ2) is 8.60. The van der Waals surface area contributed by atoms with Crippen LogP contribution in [0.25, 0.3) is 0 Å². The molecule has 1 aliphatic rings. The molecule has 0 spiro atoms. The Bertz CT molecular complexity index is 1180. The number of methoxy groups -OCH3 is 2. The molecule has 1 N–H and O–H groups in total. The van der Waals surface area contributed by atoms with Gasteiger partial charge in [-0.05, 0) is 31.4 Å².